The SMILES string of the molecule is Fc1ccc(C(Cl)(c2ccccc2)c2ccccc2)c(F)c1. The molecule has 0 atom stereocenters. The van der Waals surface area contributed by atoms with Crippen LogP contribution in [0, 0.1) is 11.6 Å². The molecule has 0 fully saturated rings. The fourth-order valence-corrected chi connectivity index (χ4v) is 2.99. The molecule has 0 aromatic heterocycles. The van der Waals surface area contributed by atoms with Gasteiger partial charge in [-0.3, -0.25) is 0 Å². The molecule has 3 aromatic carbocycles. The predicted octanol–water partition coefficient (Wildman–Crippen LogP) is 5.50. The van der Waals surface area contributed by atoms with Crippen molar-refractivity contribution in [1.29, 1.82) is 0 Å². The van der Waals surface area contributed by atoms with Gasteiger partial charge < -0.3 is 0 Å². The normalized spacial score (nSPS) is 11.4. The molecule has 3 rings (SSSR count). The second-order valence-electron chi connectivity index (χ2n) is 5.01. The Morgan fingerprint density at radius 3 is 1.64 bits per heavy atom. The van der Waals surface area contributed by atoms with Crippen molar-refractivity contribution in [3.8, 4) is 0 Å². The summed E-state index contributed by atoms with van der Waals surface area (Å²) in [5, 5.41) is 0. The first-order chi connectivity index (χ1) is 10.6. The van der Waals surface area contributed by atoms with Crippen LogP contribution in [-0.4, -0.2) is 0 Å². The molecule has 0 saturated carbocycles. The van der Waals surface area contributed by atoms with Crippen molar-refractivity contribution >= 4 is 11.6 Å². The molecular weight excluding hydrogens is 302 g/mol. The highest BCUT2D eigenvalue weighted by molar-refractivity contribution is 6.28. The number of hydrogen-bond donors (Lipinski definition) is 0. The molecule has 0 radical (unpaired) electrons. The van der Waals surface area contributed by atoms with Crippen LogP contribution < -0.4 is 0 Å². The van der Waals surface area contributed by atoms with E-state index in [1.807, 2.05) is 60.7 Å². The first-order valence-corrected chi connectivity index (χ1v) is 7.25. The highest BCUT2D eigenvalue weighted by Crippen LogP contribution is 2.43. The molecule has 0 aliphatic rings. The minimum absolute atomic E-state index is 0.230. The monoisotopic (exact) mass is 314 g/mol. The third-order valence-electron chi connectivity index (χ3n) is 3.65. The van der Waals surface area contributed by atoms with E-state index < -0.39 is 16.5 Å². The summed E-state index contributed by atoms with van der Waals surface area (Å²) < 4.78 is 27.7. The summed E-state index contributed by atoms with van der Waals surface area (Å²) in [7, 11) is 0. The predicted molar refractivity (Wildman–Crippen MR) is 85.0 cm³/mol. The fourth-order valence-electron chi connectivity index (χ4n) is 2.58. The third kappa shape index (κ3) is 2.51. The Bertz CT molecular complexity index is 730. The first-order valence-electron chi connectivity index (χ1n) is 6.88. The maximum absolute atomic E-state index is 14.4. The summed E-state index contributed by atoms with van der Waals surface area (Å²) >= 11 is 6.91. The van der Waals surface area contributed by atoms with Gasteiger partial charge in [0.05, 0.1) is 0 Å². The van der Waals surface area contributed by atoms with E-state index in [0.29, 0.717) is 0 Å². The Morgan fingerprint density at radius 2 is 1.18 bits per heavy atom. The van der Waals surface area contributed by atoms with Crippen molar-refractivity contribution in [2.24, 2.45) is 0 Å². The van der Waals surface area contributed by atoms with E-state index in [-0.39, 0.29) is 5.56 Å². The fraction of sp³-hybridized carbons (Fsp3) is 0.0526. The van der Waals surface area contributed by atoms with E-state index in [4.69, 9.17) is 11.6 Å². The Labute approximate surface area is 133 Å². The van der Waals surface area contributed by atoms with E-state index in [9.17, 15) is 8.78 Å². The largest absolute Gasteiger partial charge is 0.207 e. The molecule has 0 saturated heterocycles. The van der Waals surface area contributed by atoms with Gasteiger partial charge in [-0.25, -0.2) is 8.78 Å². The smallest absolute Gasteiger partial charge is 0.131 e. The summed E-state index contributed by atoms with van der Waals surface area (Å²) in [5.74, 6) is -1.29. The lowest BCUT2D eigenvalue weighted by Crippen LogP contribution is -2.23. The van der Waals surface area contributed by atoms with Gasteiger partial charge in [0, 0.05) is 11.6 Å². The highest BCUT2D eigenvalue weighted by Gasteiger charge is 2.36. The number of rotatable bonds is 3. The molecule has 0 heterocycles. The van der Waals surface area contributed by atoms with E-state index >= 15 is 0 Å². The minimum Gasteiger partial charge on any atom is -0.207 e. The summed E-state index contributed by atoms with van der Waals surface area (Å²) in [5.41, 5.74) is 1.69. The zero-order valence-corrected chi connectivity index (χ0v) is 12.4. The van der Waals surface area contributed by atoms with Gasteiger partial charge in [0.15, 0.2) is 0 Å². The standard InChI is InChI=1S/C19H13ClF2/c20-19(14-7-3-1-4-8-14,15-9-5-2-6-10-15)17-12-11-16(21)13-18(17)22/h1-13H. The molecule has 0 unspecified atom stereocenters. The Balaban J connectivity index is 2.28. The molecule has 110 valence electrons. The number of alkyl halides is 1. The van der Waals surface area contributed by atoms with Crippen LogP contribution in [0.4, 0.5) is 8.78 Å². The molecule has 0 aliphatic carbocycles. The van der Waals surface area contributed by atoms with Crippen molar-refractivity contribution in [2.45, 2.75) is 4.87 Å². The molecule has 0 amide bonds. The van der Waals surface area contributed by atoms with Crippen LogP contribution in [0.5, 0.6) is 0 Å². The summed E-state index contributed by atoms with van der Waals surface area (Å²) in [6.07, 6.45) is 0. The quantitative estimate of drug-likeness (QED) is 0.442. The zero-order valence-electron chi connectivity index (χ0n) is 11.6. The van der Waals surface area contributed by atoms with Crippen LogP contribution in [0.2, 0.25) is 0 Å². The molecule has 3 aromatic rings. The van der Waals surface area contributed by atoms with Gasteiger partial charge in [-0.05, 0) is 17.2 Å². The second kappa shape index (κ2) is 5.90. The van der Waals surface area contributed by atoms with E-state index in [1.165, 1.54) is 12.1 Å². The maximum Gasteiger partial charge on any atom is 0.131 e. The average Bonchev–Trinajstić information content (AvgIpc) is 2.56. The van der Waals surface area contributed by atoms with Crippen LogP contribution in [0.1, 0.15) is 16.7 Å². The zero-order chi connectivity index (χ0) is 15.6. The third-order valence-corrected chi connectivity index (χ3v) is 4.29. The number of benzene rings is 3. The summed E-state index contributed by atoms with van der Waals surface area (Å²) in [6.45, 7) is 0. The van der Waals surface area contributed by atoms with Crippen molar-refractivity contribution in [2.75, 3.05) is 0 Å². The summed E-state index contributed by atoms with van der Waals surface area (Å²) in [4.78, 5) is -1.21. The number of halogens is 3. The lowest BCUT2D eigenvalue weighted by atomic mass is 9.84. The molecular formula is C19H13ClF2. The minimum atomic E-state index is -1.21. The van der Waals surface area contributed by atoms with Gasteiger partial charge in [0.25, 0.3) is 0 Å². The van der Waals surface area contributed by atoms with Crippen LogP contribution >= 0.6 is 11.6 Å². The van der Waals surface area contributed by atoms with Gasteiger partial charge in [0.2, 0.25) is 0 Å². The van der Waals surface area contributed by atoms with Crippen LogP contribution in [0.25, 0.3) is 0 Å². The number of hydrogen-bond acceptors (Lipinski definition) is 0. The van der Waals surface area contributed by atoms with Crippen LogP contribution in [0.3, 0.4) is 0 Å². The average molecular weight is 315 g/mol. The van der Waals surface area contributed by atoms with Gasteiger partial charge >= 0.3 is 0 Å². The highest BCUT2D eigenvalue weighted by atomic mass is 35.5. The van der Waals surface area contributed by atoms with Crippen molar-refractivity contribution in [1.82, 2.24) is 0 Å². The van der Waals surface area contributed by atoms with Crippen molar-refractivity contribution in [3.63, 3.8) is 0 Å². The van der Waals surface area contributed by atoms with Crippen LogP contribution in [0.15, 0.2) is 78.9 Å². The molecule has 22 heavy (non-hydrogen) atoms. The van der Waals surface area contributed by atoms with Gasteiger partial charge in [-0.1, -0.05) is 66.7 Å². The van der Waals surface area contributed by atoms with E-state index in [2.05, 4.69) is 0 Å². The van der Waals surface area contributed by atoms with Gasteiger partial charge in [-0.2, -0.15) is 0 Å². The van der Waals surface area contributed by atoms with Gasteiger partial charge in [0.1, 0.15) is 16.5 Å². The summed E-state index contributed by atoms with van der Waals surface area (Å²) in [6, 6.07) is 21.9. The van der Waals surface area contributed by atoms with E-state index in [0.717, 1.165) is 17.2 Å². The van der Waals surface area contributed by atoms with Crippen LogP contribution in [-0.2, 0) is 4.87 Å². The van der Waals surface area contributed by atoms with Crippen molar-refractivity contribution < 1.29 is 8.78 Å². The molecule has 0 aliphatic heterocycles. The lowest BCUT2D eigenvalue weighted by Gasteiger charge is -2.29. The maximum atomic E-state index is 14.4. The molecule has 0 spiro atoms. The second-order valence-corrected chi connectivity index (χ2v) is 5.58. The Kier molecular flexibility index (Phi) is 3.95. The topological polar surface area (TPSA) is 0 Å². The first kappa shape index (κ1) is 14.7. The van der Waals surface area contributed by atoms with Gasteiger partial charge in [-0.15, -0.1) is 11.6 Å². The molecule has 0 N–H and O–H groups in total. The lowest BCUT2D eigenvalue weighted by molar-refractivity contribution is 0.565. The Morgan fingerprint density at radius 1 is 0.682 bits per heavy atom. The molecule has 3 heteroatoms. The molecule has 0 nitrogen and oxygen atoms in total. The van der Waals surface area contributed by atoms with E-state index in [1.54, 1.807) is 0 Å². The molecule has 0 bridgehead atoms. The van der Waals surface area contributed by atoms with Crippen molar-refractivity contribution in [3.05, 3.63) is 107 Å². The Hall–Kier alpha value is -2.19.